The SMILES string of the molecule is N[C@H](CC(CCc1ccccc1)C(=O)C(Cc1ccccc1)NC(=O)N1CCOCC1)S(=O)(=O)c1ccccc1. The zero-order valence-corrected chi connectivity index (χ0v) is 23.3. The Kier molecular flexibility index (Phi) is 10.5. The van der Waals surface area contributed by atoms with Gasteiger partial charge >= 0.3 is 6.03 Å². The predicted molar refractivity (Wildman–Crippen MR) is 154 cm³/mol. The van der Waals surface area contributed by atoms with Crippen LogP contribution in [0.1, 0.15) is 24.0 Å². The molecular weight excluding hydrogens is 526 g/mol. The Balaban J connectivity index is 1.59. The molecule has 0 bridgehead atoms. The van der Waals surface area contributed by atoms with Gasteiger partial charge in [-0.1, -0.05) is 78.9 Å². The number of rotatable bonds is 12. The first-order valence-electron chi connectivity index (χ1n) is 13.6. The van der Waals surface area contributed by atoms with Crippen molar-refractivity contribution in [1.29, 1.82) is 0 Å². The van der Waals surface area contributed by atoms with Crippen LogP contribution in [0.15, 0.2) is 95.9 Å². The molecule has 0 aliphatic carbocycles. The first-order valence-corrected chi connectivity index (χ1v) is 15.2. The van der Waals surface area contributed by atoms with Crippen molar-refractivity contribution < 1.29 is 22.7 Å². The van der Waals surface area contributed by atoms with Crippen molar-refractivity contribution in [2.24, 2.45) is 11.7 Å². The van der Waals surface area contributed by atoms with Crippen LogP contribution < -0.4 is 11.1 Å². The van der Waals surface area contributed by atoms with Gasteiger partial charge in [0.1, 0.15) is 5.37 Å². The largest absolute Gasteiger partial charge is 0.378 e. The van der Waals surface area contributed by atoms with Gasteiger partial charge in [-0.05, 0) is 48.9 Å². The molecule has 1 aliphatic heterocycles. The van der Waals surface area contributed by atoms with E-state index >= 15 is 0 Å². The molecule has 9 heteroatoms. The fourth-order valence-corrected chi connectivity index (χ4v) is 6.29. The van der Waals surface area contributed by atoms with Crippen molar-refractivity contribution in [1.82, 2.24) is 10.2 Å². The topological polar surface area (TPSA) is 119 Å². The van der Waals surface area contributed by atoms with E-state index in [1.807, 2.05) is 60.7 Å². The number of ketones is 1. The first kappa shape index (κ1) is 29.5. The third-order valence-electron chi connectivity index (χ3n) is 7.24. The molecular formula is C31H37N3O5S. The molecule has 1 aliphatic rings. The van der Waals surface area contributed by atoms with Gasteiger partial charge in [0, 0.05) is 19.0 Å². The Morgan fingerprint density at radius 2 is 1.40 bits per heavy atom. The number of ether oxygens (including phenoxy) is 1. The molecule has 3 aromatic carbocycles. The van der Waals surface area contributed by atoms with Crippen LogP contribution in [0.2, 0.25) is 0 Å². The van der Waals surface area contributed by atoms with Gasteiger partial charge in [0.05, 0.1) is 24.2 Å². The average molecular weight is 564 g/mol. The van der Waals surface area contributed by atoms with Crippen LogP contribution >= 0.6 is 0 Å². The lowest BCUT2D eigenvalue weighted by atomic mass is 9.87. The minimum atomic E-state index is -3.86. The number of morpholine rings is 1. The molecule has 40 heavy (non-hydrogen) atoms. The molecule has 1 saturated heterocycles. The number of urea groups is 1. The Labute approximate surface area is 236 Å². The lowest BCUT2D eigenvalue weighted by Gasteiger charge is -2.30. The Hall–Kier alpha value is -3.53. The molecule has 0 aromatic heterocycles. The highest BCUT2D eigenvalue weighted by Gasteiger charge is 2.34. The molecule has 4 rings (SSSR count). The summed E-state index contributed by atoms with van der Waals surface area (Å²) in [5.41, 5.74) is 8.25. The van der Waals surface area contributed by atoms with Crippen LogP contribution in [0, 0.1) is 5.92 Å². The number of carbonyl (C=O) groups is 2. The van der Waals surface area contributed by atoms with Crippen LogP contribution in [0.25, 0.3) is 0 Å². The van der Waals surface area contributed by atoms with Crippen LogP contribution in [0.5, 0.6) is 0 Å². The number of sulfone groups is 1. The quantitative estimate of drug-likeness (QED) is 0.348. The molecule has 1 heterocycles. The molecule has 8 nitrogen and oxygen atoms in total. The second-order valence-electron chi connectivity index (χ2n) is 10.0. The maximum atomic E-state index is 14.2. The maximum absolute atomic E-state index is 14.2. The maximum Gasteiger partial charge on any atom is 0.318 e. The zero-order chi connectivity index (χ0) is 28.4. The summed E-state index contributed by atoms with van der Waals surface area (Å²) in [7, 11) is -3.86. The van der Waals surface area contributed by atoms with Crippen LogP contribution in [-0.2, 0) is 32.2 Å². The van der Waals surface area contributed by atoms with Crippen molar-refractivity contribution in [2.45, 2.75) is 42.0 Å². The number of nitrogens with zero attached hydrogens (tertiary/aromatic N) is 1. The molecule has 0 saturated carbocycles. The smallest absolute Gasteiger partial charge is 0.318 e. The second kappa shape index (κ2) is 14.2. The van der Waals surface area contributed by atoms with Gasteiger partial charge in [-0.15, -0.1) is 0 Å². The lowest BCUT2D eigenvalue weighted by molar-refractivity contribution is -0.125. The number of amides is 2. The van der Waals surface area contributed by atoms with Crippen molar-refractivity contribution >= 4 is 21.7 Å². The highest BCUT2D eigenvalue weighted by molar-refractivity contribution is 7.92. The summed E-state index contributed by atoms with van der Waals surface area (Å²) >= 11 is 0. The van der Waals surface area contributed by atoms with Crippen molar-refractivity contribution in [3.05, 3.63) is 102 Å². The van der Waals surface area contributed by atoms with Gasteiger partial charge in [-0.3, -0.25) is 4.79 Å². The molecule has 2 amide bonds. The highest BCUT2D eigenvalue weighted by Crippen LogP contribution is 2.24. The minimum absolute atomic E-state index is 0.0540. The number of aryl methyl sites for hydroxylation is 1. The van der Waals surface area contributed by atoms with Gasteiger partial charge in [0.2, 0.25) is 0 Å². The third kappa shape index (κ3) is 8.00. The summed E-state index contributed by atoms with van der Waals surface area (Å²) < 4.78 is 31.9. The Bertz CT molecular complexity index is 1330. The minimum Gasteiger partial charge on any atom is -0.378 e. The number of Topliss-reactive ketones (excluding diaryl/α,β-unsaturated/α-hetero) is 1. The summed E-state index contributed by atoms with van der Waals surface area (Å²) in [4.78, 5) is 29.1. The monoisotopic (exact) mass is 563 g/mol. The summed E-state index contributed by atoms with van der Waals surface area (Å²) in [5, 5.41) is 1.68. The molecule has 2 unspecified atom stereocenters. The standard InChI is InChI=1S/C31H37N3O5S/c32-29(40(37,38)27-14-8-3-9-15-27)23-26(17-16-24-10-4-1-5-11-24)30(35)28(22-25-12-6-2-7-13-25)33-31(36)34-18-20-39-21-19-34/h1-15,26,28-29H,16-23,32H2,(H,33,36)/t26?,28?,29-/m0/s1. The van der Waals surface area contributed by atoms with E-state index in [9.17, 15) is 18.0 Å². The van der Waals surface area contributed by atoms with Gasteiger partial charge in [-0.2, -0.15) is 0 Å². The Morgan fingerprint density at radius 1 is 0.850 bits per heavy atom. The van der Waals surface area contributed by atoms with Crippen LogP contribution in [0.3, 0.4) is 0 Å². The molecule has 3 N–H and O–H groups in total. The molecule has 3 aromatic rings. The number of benzene rings is 3. The van der Waals surface area contributed by atoms with E-state index < -0.39 is 27.2 Å². The fourth-order valence-electron chi connectivity index (χ4n) is 4.92. The van der Waals surface area contributed by atoms with Gasteiger partial charge in [0.25, 0.3) is 0 Å². The normalized spacial score (nSPS) is 16.1. The molecule has 1 fully saturated rings. The van der Waals surface area contributed by atoms with Crippen molar-refractivity contribution in [2.75, 3.05) is 26.3 Å². The number of nitrogens with one attached hydrogen (secondary N) is 1. The van der Waals surface area contributed by atoms with E-state index in [2.05, 4.69) is 5.32 Å². The van der Waals surface area contributed by atoms with E-state index in [1.54, 1.807) is 23.1 Å². The molecule has 212 valence electrons. The number of nitrogens with two attached hydrogens (primary N) is 1. The molecule has 3 atom stereocenters. The highest BCUT2D eigenvalue weighted by atomic mass is 32.2. The van der Waals surface area contributed by atoms with E-state index in [4.69, 9.17) is 10.5 Å². The fraction of sp³-hybridized carbons (Fsp3) is 0.355. The summed E-state index contributed by atoms with van der Waals surface area (Å²) in [6.07, 6.45) is 1.21. The Morgan fingerprint density at radius 3 is 2.00 bits per heavy atom. The van der Waals surface area contributed by atoms with Crippen molar-refractivity contribution in [3.63, 3.8) is 0 Å². The van der Waals surface area contributed by atoms with E-state index in [0.29, 0.717) is 39.1 Å². The lowest BCUT2D eigenvalue weighted by Crippen LogP contribution is -2.53. The van der Waals surface area contributed by atoms with E-state index in [1.165, 1.54) is 12.1 Å². The third-order valence-corrected chi connectivity index (χ3v) is 9.15. The number of hydrogen-bond donors (Lipinski definition) is 2. The number of carbonyl (C=O) groups excluding carboxylic acids is 2. The first-order chi connectivity index (χ1) is 19.3. The van der Waals surface area contributed by atoms with Crippen molar-refractivity contribution in [3.8, 4) is 0 Å². The van der Waals surface area contributed by atoms with E-state index in [0.717, 1.165) is 11.1 Å². The second-order valence-corrected chi connectivity index (χ2v) is 12.2. The van der Waals surface area contributed by atoms with E-state index in [-0.39, 0.29) is 29.6 Å². The molecule has 0 radical (unpaired) electrons. The average Bonchev–Trinajstić information content (AvgIpc) is 3.00. The van der Waals surface area contributed by atoms with Gasteiger partial charge in [0.15, 0.2) is 15.6 Å². The zero-order valence-electron chi connectivity index (χ0n) is 22.5. The van der Waals surface area contributed by atoms with Gasteiger partial charge < -0.3 is 20.7 Å². The molecule has 0 spiro atoms. The predicted octanol–water partition coefficient (Wildman–Crippen LogP) is 3.61. The van der Waals surface area contributed by atoms with Crippen LogP contribution in [0.4, 0.5) is 4.79 Å². The number of hydrogen-bond acceptors (Lipinski definition) is 6. The van der Waals surface area contributed by atoms with Crippen LogP contribution in [-0.4, -0.2) is 62.9 Å². The summed E-state index contributed by atoms with van der Waals surface area (Å²) in [6.45, 7) is 1.76. The van der Waals surface area contributed by atoms with Gasteiger partial charge in [-0.25, -0.2) is 13.2 Å². The summed E-state index contributed by atoms with van der Waals surface area (Å²) in [5.74, 6) is -0.910. The summed E-state index contributed by atoms with van der Waals surface area (Å²) in [6, 6.07) is 26.1.